The maximum atomic E-state index is 13.7. The summed E-state index contributed by atoms with van der Waals surface area (Å²) in [6, 6.07) is 24.2. The molecule has 0 aliphatic carbocycles. The summed E-state index contributed by atoms with van der Waals surface area (Å²) in [5.74, 6) is 0.0117. The number of nitrogens with two attached hydrogens (primary N) is 1. The van der Waals surface area contributed by atoms with E-state index in [0.717, 1.165) is 54.1 Å². The van der Waals surface area contributed by atoms with Crippen LogP contribution in [-0.4, -0.2) is 44.5 Å². The Balaban J connectivity index is 1.26. The van der Waals surface area contributed by atoms with Gasteiger partial charge in [-0.1, -0.05) is 60.7 Å². The molecule has 0 radical (unpaired) electrons. The van der Waals surface area contributed by atoms with Crippen LogP contribution in [0.2, 0.25) is 0 Å². The third-order valence-corrected chi connectivity index (χ3v) is 7.45. The first-order valence-electron chi connectivity index (χ1n) is 12.8. The number of hydrogen-bond donors (Lipinski definition) is 3. The molecule has 37 heavy (non-hydrogen) atoms. The monoisotopic (exact) mass is 493 g/mol. The van der Waals surface area contributed by atoms with Gasteiger partial charge in [0.25, 0.3) is 0 Å². The van der Waals surface area contributed by atoms with Crippen LogP contribution in [0.25, 0.3) is 16.8 Å². The summed E-state index contributed by atoms with van der Waals surface area (Å²) in [6.07, 6.45) is 2.33. The summed E-state index contributed by atoms with van der Waals surface area (Å²) in [7, 11) is 0. The van der Waals surface area contributed by atoms with Crippen LogP contribution in [-0.2, 0) is 19.6 Å². The van der Waals surface area contributed by atoms with Gasteiger partial charge in [0.05, 0.1) is 17.8 Å². The van der Waals surface area contributed by atoms with Crippen molar-refractivity contribution in [2.45, 2.75) is 38.2 Å². The third-order valence-electron chi connectivity index (χ3n) is 7.45. The molecule has 6 rings (SSSR count). The molecule has 7 heteroatoms. The van der Waals surface area contributed by atoms with Crippen LogP contribution < -0.4 is 11.1 Å². The zero-order chi connectivity index (χ0) is 25.4. The van der Waals surface area contributed by atoms with E-state index >= 15 is 0 Å². The van der Waals surface area contributed by atoms with Gasteiger partial charge < -0.3 is 10.8 Å². The average Bonchev–Trinajstić information content (AvgIpc) is 3.56. The molecule has 0 spiro atoms. The molecule has 3 heterocycles. The zero-order valence-electron chi connectivity index (χ0n) is 20.7. The number of nitrogens with zero attached hydrogens (tertiary/aromatic N) is 3. The van der Waals surface area contributed by atoms with E-state index in [1.54, 1.807) is 6.33 Å². The van der Waals surface area contributed by atoms with Crippen molar-refractivity contribution < 1.29 is 9.90 Å². The number of β-amino-alcohol motifs (C(OH)–C–C–N with tert-alkyl or cyclic N) is 1. The average molecular weight is 494 g/mol. The summed E-state index contributed by atoms with van der Waals surface area (Å²) in [5.41, 5.74) is 13.6. The number of aliphatic hydroxyl groups excluding tert-OH is 1. The molecule has 3 aromatic carbocycles. The van der Waals surface area contributed by atoms with Crippen LogP contribution in [0.15, 0.2) is 79.1 Å². The van der Waals surface area contributed by atoms with Crippen LogP contribution in [0.3, 0.4) is 0 Å². The van der Waals surface area contributed by atoms with E-state index in [2.05, 4.69) is 51.6 Å². The van der Waals surface area contributed by atoms with Gasteiger partial charge in [-0.15, -0.1) is 0 Å². The van der Waals surface area contributed by atoms with Gasteiger partial charge in [-0.05, 0) is 46.4 Å². The summed E-state index contributed by atoms with van der Waals surface area (Å²) >= 11 is 0. The Bertz CT molecular complexity index is 1430. The molecule has 2 aliphatic rings. The number of nitrogens with one attached hydrogen (secondary N) is 1. The Morgan fingerprint density at radius 1 is 1.05 bits per heavy atom. The van der Waals surface area contributed by atoms with E-state index in [-0.39, 0.29) is 11.9 Å². The number of Topliss-reactive ketones (excluding diaryl/α,β-unsaturated/α-hetero) is 1. The summed E-state index contributed by atoms with van der Waals surface area (Å²) < 4.78 is 1.88. The highest BCUT2D eigenvalue weighted by atomic mass is 16.3. The number of carbonyl (C=O) groups excluding carboxylic acids is 1. The number of ketones is 1. The molecule has 2 aliphatic heterocycles. The van der Waals surface area contributed by atoms with Gasteiger partial charge in [0, 0.05) is 38.4 Å². The van der Waals surface area contributed by atoms with Crippen LogP contribution in [0, 0.1) is 0 Å². The quantitative estimate of drug-likeness (QED) is 0.380. The Morgan fingerprint density at radius 3 is 2.68 bits per heavy atom. The first-order chi connectivity index (χ1) is 18.1. The fraction of sp³-hybridized carbons (Fsp3) is 0.267. The molecule has 188 valence electrons. The fourth-order valence-electron chi connectivity index (χ4n) is 5.49. The second-order valence-electron chi connectivity index (χ2n) is 9.92. The van der Waals surface area contributed by atoms with E-state index in [9.17, 15) is 9.90 Å². The van der Waals surface area contributed by atoms with Gasteiger partial charge in [0.2, 0.25) is 5.78 Å². The lowest BCUT2D eigenvalue weighted by molar-refractivity contribution is 0.0922. The number of aromatic nitrogens is 2. The maximum Gasteiger partial charge on any atom is 0.202 e. The molecule has 1 unspecified atom stereocenters. The number of hydrogen-bond acceptors (Lipinski definition) is 6. The SMILES string of the molecule is NCc1cccc(-n2cnc3c2C(=O)C(c2ccc(-c4ccccc4CN4CC[C@H](O)C4)cc2)NC3)c1. The van der Waals surface area contributed by atoms with Crippen LogP contribution in [0.1, 0.15) is 45.3 Å². The highest BCUT2D eigenvalue weighted by molar-refractivity contribution is 6.01. The number of benzene rings is 3. The second-order valence-corrected chi connectivity index (χ2v) is 9.92. The van der Waals surface area contributed by atoms with E-state index in [4.69, 9.17) is 5.73 Å². The van der Waals surface area contributed by atoms with Crippen molar-refractivity contribution in [1.29, 1.82) is 0 Å². The lowest BCUT2D eigenvalue weighted by Gasteiger charge is -2.24. The van der Waals surface area contributed by atoms with Gasteiger partial charge in [0.15, 0.2) is 0 Å². The van der Waals surface area contributed by atoms with Crippen molar-refractivity contribution in [2.75, 3.05) is 13.1 Å². The maximum absolute atomic E-state index is 13.7. The van der Waals surface area contributed by atoms with Crippen LogP contribution in [0.4, 0.5) is 0 Å². The van der Waals surface area contributed by atoms with Gasteiger partial charge in [-0.25, -0.2) is 4.98 Å². The van der Waals surface area contributed by atoms with Crippen LogP contribution >= 0.6 is 0 Å². The van der Waals surface area contributed by atoms with Crippen molar-refractivity contribution in [2.24, 2.45) is 5.73 Å². The van der Waals surface area contributed by atoms with Gasteiger partial charge in [-0.2, -0.15) is 0 Å². The Hall–Kier alpha value is -3.62. The predicted octanol–water partition coefficient (Wildman–Crippen LogP) is 3.59. The Morgan fingerprint density at radius 2 is 1.89 bits per heavy atom. The summed E-state index contributed by atoms with van der Waals surface area (Å²) in [5, 5.41) is 13.3. The number of rotatable bonds is 6. The molecule has 1 saturated heterocycles. The molecule has 7 nitrogen and oxygen atoms in total. The summed E-state index contributed by atoms with van der Waals surface area (Å²) in [4.78, 5) is 20.5. The number of aliphatic hydroxyl groups is 1. The minimum absolute atomic E-state index is 0.0117. The molecule has 4 N–H and O–H groups in total. The van der Waals surface area contributed by atoms with Gasteiger partial charge in [-0.3, -0.25) is 19.6 Å². The Kier molecular flexibility index (Phi) is 6.44. The van der Waals surface area contributed by atoms with Crippen molar-refractivity contribution in [1.82, 2.24) is 19.8 Å². The normalized spacial score (nSPS) is 19.8. The first-order valence-corrected chi connectivity index (χ1v) is 12.8. The molecule has 0 bridgehead atoms. The van der Waals surface area contributed by atoms with Crippen molar-refractivity contribution in [3.8, 4) is 16.8 Å². The molecular formula is C30H31N5O2. The number of likely N-dealkylation sites (tertiary alicyclic amines) is 1. The molecule has 0 saturated carbocycles. The summed E-state index contributed by atoms with van der Waals surface area (Å²) in [6.45, 7) is 3.42. The second kappa shape index (κ2) is 10.0. The first kappa shape index (κ1) is 23.8. The van der Waals surface area contributed by atoms with E-state index in [1.165, 1.54) is 11.1 Å². The van der Waals surface area contributed by atoms with Crippen molar-refractivity contribution in [3.63, 3.8) is 0 Å². The predicted molar refractivity (Wildman–Crippen MR) is 143 cm³/mol. The molecule has 1 aromatic heterocycles. The van der Waals surface area contributed by atoms with E-state index < -0.39 is 6.04 Å². The van der Waals surface area contributed by atoms with Gasteiger partial charge >= 0.3 is 0 Å². The highest BCUT2D eigenvalue weighted by Crippen LogP contribution is 2.31. The lowest BCUT2D eigenvalue weighted by atomic mass is 9.93. The molecule has 4 aromatic rings. The third kappa shape index (κ3) is 4.63. The van der Waals surface area contributed by atoms with E-state index in [0.29, 0.717) is 18.8 Å². The number of carbonyl (C=O) groups is 1. The largest absolute Gasteiger partial charge is 0.392 e. The minimum atomic E-state index is -0.434. The smallest absolute Gasteiger partial charge is 0.202 e. The minimum Gasteiger partial charge on any atom is -0.392 e. The van der Waals surface area contributed by atoms with Gasteiger partial charge in [0.1, 0.15) is 12.0 Å². The zero-order valence-corrected chi connectivity index (χ0v) is 20.7. The molecule has 1 fully saturated rings. The number of fused-ring (bicyclic) bond motifs is 1. The lowest BCUT2D eigenvalue weighted by Crippen LogP contribution is -2.35. The highest BCUT2D eigenvalue weighted by Gasteiger charge is 2.32. The van der Waals surface area contributed by atoms with Crippen molar-refractivity contribution in [3.05, 3.63) is 107 Å². The Labute approximate surface area is 216 Å². The topological polar surface area (TPSA) is 96.4 Å². The van der Waals surface area contributed by atoms with Crippen LogP contribution in [0.5, 0.6) is 0 Å². The molecule has 2 atom stereocenters. The van der Waals surface area contributed by atoms with Crippen molar-refractivity contribution >= 4 is 5.78 Å². The molecule has 0 amide bonds. The number of imidazole rings is 1. The molecular weight excluding hydrogens is 462 g/mol. The standard InChI is InChI=1S/C30H31N5O2/c31-15-20-4-3-6-24(14-20)35-19-33-27-16-32-28(30(37)29(27)35)22-10-8-21(9-11-22)26-7-2-1-5-23(26)17-34-13-12-25(36)18-34/h1-11,14,19,25,28,32,36H,12-13,15-18,31H2/t25-,28?/m0/s1. The van der Waals surface area contributed by atoms with E-state index in [1.807, 2.05) is 41.0 Å². The fourth-order valence-corrected chi connectivity index (χ4v) is 5.49.